The van der Waals surface area contributed by atoms with Crippen LogP contribution >= 0.6 is 0 Å². The molecule has 14 heavy (non-hydrogen) atoms. The average Bonchev–Trinajstić information content (AvgIpc) is 2.30. The van der Waals surface area contributed by atoms with Gasteiger partial charge in [0.2, 0.25) is 0 Å². The number of hydrogen-bond donors (Lipinski definition) is 0. The molecule has 1 radical (unpaired) electrons. The highest BCUT2D eigenvalue weighted by molar-refractivity contribution is 5.96. The SMILES string of the molecule is O=C(C1=C[CH]CC=C1)N1CCOCC1. The van der Waals surface area contributed by atoms with Crippen molar-refractivity contribution in [1.82, 2.24) is 4.90 Å². The lowest BCUT2D eigenvalue weighted by molar-refractivity contribution is -0.130. The third kappa shape index (κ3) is 2.04. The molecule has 2 rings (SSSR count). The van der Waals surface area contributed by atoms with Crippen molar-refractivity contribution in [3.05, 3.63) is 30.2 Å². The number of amides is 1. The van der Waals surface area contributed by atoms with Crippen LogP contribution in [0.5, 0.6) is 0 Å². The molecule has 0 spiro atoms. The zero-order valence-electron chi connectivity index (χ0n) is 8.11. The van der Waals surface area contributed by atoms with E-state index in [2.05, 4.69) is 0 Å². The summed E-state index contributed by atoms with van der Waals surface area (Å²) in [5.74, 6) is 0.125. The summed E-state index contributed by atoms with van der Waals surface area (Å²) >= 11 is 0. The summed E-state index contributed by atoms with van der Waals surface area (Å²) in [6.45, 7) is 2.74. The van der Waals surface area contributed by atoms with Crippen molar-refractivity contribution < 1.29 is 9.53 Å². The number of nitrogens with zero attached hydrogens (tertiary/aromatic N) is 1. The highest BCUT2D eigenvalue weighted by Gasteiger charge is 2.19. The molecule has 1 aliphatic carbocycles. The molecule has 0 aromatic heterocycles. The molecule has 3 heteroatoms. The quantitative estimate of drug-likeness (QED) is 0.618. The van der Waals surface area contributed by atoms with E-state index < -0.39 is 0 Å². The highest BCUT2D eigenvalue weighted by atomic mass is 16.5. The molecular formula is C11H14NO2. The van der Waals surface area contributed by atoms with Crippen LogP contribution in [0.15, 0.2) is 23.8 Å². The van der Waals surface area contributed by atoms with Gasteiger partial charge in [0.1, 0.15) is 0 Å². The molecule has 0 saturated carbocycles. The van der Waals surface area contributed by atoms with E-state index in [0.717, 1.165) is 12.0 Å². The first-order valence-electron chi connectivity index (χ1n) is 4.95. The Balaban J connectivity index is 1.99. The molecule has 0 aromatic rings. The van der Waals surface area contributed by atoms with Gasteiger partial charge in [-0.25, -0.2) is 0 Å². The van der Waals surface area contributed by atoms with Gasteiger partial charge in [-0.1, -0.05) is 18.2 Å². The zero-order chi connectivity index (χ0) is 9.80. The average molecular weight is 192 g/mol. The molecule has 1 saturated heterocycles. The topological polar surface area (TPSA) is 29.5 Å². The Morgan fingerprint density at radius 3 is 2.79 bits per heavy atom. The van der Waals surface area contributed by atoms with Gasteiger partial charge in [0.05, 0.1) is 13.2 Å². The van der Waals surface area contributed by atoms with Crippen LogP contribution < -0.4 is 0 Å². The molecule has 2 aliphatic rings. The number of hydrogen-bond acceptors (Lipinski definition) is 2. The number of ether oxygens (including phenoxy) is 1. The minimum Gasteiger partial charge on any atom is -0.378 e. The predicted octanol–water partition coefficient (Wildman–Crippen LogP) is 0.936. The third-order valence-corrected chi connectivity index (χ3v) is 2.41. The second-order valence-corrected chi connectivity index (χ2v) is 3.40. The Kier molecular flexibility index (Phi) is 2.99. The lowest BCUT2D eigenvalue weighted by atomic mass is 10.1. The molecule has 75 valence electrons. The van der Waals surface area contributed by atoms with Crippen molar-refractivity contribution in [2.45, 2.75) is 6.42 Å². The first-order valence-corrected chi connectivity index (χ1v) is 4.95. The largest absolute Gasteiger partial charge is 0.378 e. The number of rotatable bonds is 1. The molecule has 0 unspecified atom stereocenters. The standard InChI is InChI=1S/C11H14NO2/c13-11(10-4-2-1-3-5-10)12-6-8-14-9-7-12/h2-5H,1,6-9H2. The molecular weight excluding hydrogens is 178 g/mol. The molecule has 0 aromatic carbocycles. The van der Waals surface area contributed by atoms with Gasteiger partial charge < -0.3 is 9.64 Å². The molecule has 1 amide bonds. The molecule has 1 heterocycles. The maximum atomic E-state index is 11.9. The van der Waals surface area contributed by atoms with Crippen LogP contribution in [0, 0.1) is 6.42 Å². The summed E-state index contributed by atoms with van der Waals surface area (Å²) in [4.78, 5) is 13.7. The Morgan fingerprint density at radius 1 is 1.36 bits per heavy atom. The lowest BCUT2D eigenvalue weighted by Gasteiger charge is -2.27. The van der Waals surface area contributed by atoms with Gasteiger partial charge in [0, 0.05) is 18.7 Å². The minimum atomic E-state index is 0.125. The molecule has 0 N–H and O–H groups in total. The van der Waals surface area contributed by atoms with Crippen molar-refractivity contribution in [1.29, 1.82) is 0 Å². The monoisotopic (exact) mass is 192 g/mol. The van der Waals surface area contributed by atoms with E-state index in [9.17, 15) is 4.79 Å². The number of carbonyl (C=O) groups excluding carboxylic acids is 1. The number of carbonyl (C=O) groups is 1. The van der Waals surface area contributed by atoms with Crippen LogP contribution in [0.4, 0.5) is 0 Å². The van der Waals surface area contributed by atoms with Crippen LogP contribution in [0.3, 0.4) is 0 Å². The normalized spacial score (nSPS) is 22.0. The van der Waals surface area contributed by atoms with Crippen molar-refractivity contribution in [3.8, 4) is 0 Å². The molecule has 0 atom stereocenters. The fourth-order valence-corrected chi connectivity index (χ4v) is 1.62. The van der Waals surface area contributed by atoms with Gasteiger partial charge in [-0.15, -0.1) is 0 Å². The van der Waals surface area contributed by atoms with Crippen LogP contribution in [-0.2, 0) is 9.53 Å². The summed E-state index contributed by atoms with van der Waals surface area (Å²) < 4.78 is 5.20. The first-order chi connectivity index (χ1) is 6.88. The fraction of sp³-hybridized carbons (Fsp3) is 0.455. The molecule has 3 nitrogen and oxygen atoms in total. The first kappa shape index (κ1) is 9.46. The molecule has 0 bridgehead atoms. The number of allylic oxidation sites excluding steroid dienone is 2. The van der Waals surface area contributed by atoms with E-state index in [0.29, 0.717) is 26.3 Å². The summed E-state index contributed by atoms with van der Waals surface area (Å²) in [6, 6.07) is 0. The Morgan fingerprint density at radius 2 is 2.14 bits per heavy atom. The van der Waals surface area contributed by atoms with Crippen molar-refractivity contribution >= 4 is 5.91 Å². The second-order valence-electron chi connectivity index (χ2n) is 3.40. The summed E-state index contributed by atoms with van der Waals surface area (Å²) in [7, 11) is 0. The van der Waals surface area contributed by atoms with Crippen LogP contribution in [0.25, 0.3) is 0 Å². The van der Waals surface area contributed by atoms with Crippen LogP contribution in [-0.4, -0.2) is 37.1 Å². The smallest absolute Gasteiger partial charge is 0.253 e. The molecule has 1 aliphatic heterocycles. The summed E-state index contributed by atoms with van der Waals surface area (Å²) in [6.07, 6.45) is 8.75. The fourth-order valence-electron chi connectivity index (χ4n) is 1.62. The van der Waals surface area contributed by atoms with E-state index in [1.807, 2.05) is 29.5 Å². The predicted molar refractivity (Wildman–Crippen MR) is 53.5 cm³/mol. The van der Waals surface area contributed by atoms with Crippen LogP contribution in [0.2, 0.25) is 0 Å². The summed E-state index contributed by atoms with van der Waals surface area (Å²) in [5, 5.41) is 0. The lowest BCUT2D eigenvalue weighted by Crippen LogP contribution is -2.41. The van der Waals surface area contributed by atoms with Crippen LogP contribution in [0.1, 0.15) is 6.42 Å². The van der Waals surface area contributed by atoms with Gasteiger partial charge in [-0.05, 0) is 12.8 Å². The van der Waals surface area contributed by atoms with Crippen molar-refractivity contribution in [3.63, 3.8) is 0 Å². The van der Waals surface area contributed by atoms with Gasteiger partial charge in [-0.3, -0.25) is 4.79 Å². The van der Waals surface area contributed by atoms with E-state index in [-0.39, 0.29) is 5.91 Å². The molecule has 1 fully saturated rings. The Hall–Kier alpha value is -1.09. The van der Waals surface area contributed by atoms with Crippen molar-refractivity contribution in [2.75, 3.05) is 26.3 Å². The zero-order valence-corrected chi connectivity index (χ0v) is 8.11. The van der Waals surface area contributed by atoms with E-state index in [1.165, 1.54) is 0 Å². The third-order valence-electron chi connectivity index (χ3n) is 2.41. The van der Waals surface area contributed by atoms with Gasteiger partial charge >= 0.3 is 0 Å². The number of morpholine rings is 1. The summed E-state index contributed by atoms with van der Waals surface area (Å²) in [5.41, 5.74) is 0.790. The van der Waals surface area contributed by atoms with E-state index in [4.69, 9.17) is 4.74 Å². The van der Waals surface area contributed by atoms with Gasteiger partial charge in [-0.2, -0.15) is 0 Å². The second kappa shape index (κ2) is 4.42. The highest BCUT2D eigenvalue weighted by Crippen LogP contribution is 2.12. The Bertz CT molecular complexity index is 275. The van der Waals surface area contributed by atoms with E-state index in [1.54, 1.807) is 0 Å². The van der Waals surface area contributed by atoms with Crippen molar-refractivity contribution in [2.24, 2.45) is 0 Å². The maximum absolute atomic E-state index is 11.9. The Labute approximate surface area is 84.0 Å². The van der Waals surface area contributed by atoms with E-state index >= 15 is 0 Å². The maximum Gasteiger partial charge on any atom is 0.253 e. The van der Waals surface area contributed by atoms with Gasteiger partial charge in [0.15, 0.2) is 0 Å². The minimum absolute atomic E-state index is 0.125. The van der Waals surface area contributed by atoms with Gasteiger partial charge in [0.25, 0.3) is 5.91 Å².